The van der Waals surface area contributed by atoms with E-state index in [-0.39, 0.29) is 5.54 Å². The minimum atomic E-state index is -0.187. The predicted octanol–water partition coefficient (Wildman–Crippen LogP) is 1.57. The summed E-state index contributed by atoms with van der Waals surface area (Å²) in [5, 5.41) is 0. The van der Waals surface area contributed by atoms with Gasteiger partial charge >= 0.3 is 0 Å². The Labute approximate surface area is 75.0 Å². The van der Waals surface area contributed by atoms with Crippen LogP contribution in [0.3, 0.4) is 0 Å². The maximum absolute atomic E-state index is 5.70. The SMILES string of the molecule is CCCC(N)=NC(C)(C)COC. The van der Waals surface area contributed by atoms with Crippen molar-refractivity contribution in [2.75, 3.05) is 13.7 Å². The van der Waals surface area contributed by atoms with Crippen LogP contribution in [0.15, 0.2) is 4.99 Å². The van der Waals surface area contributed by atoms with Crippen LogP contribution in [0.2, 0.25) is 0 Å². The topological polar surface area (TPSA) is 47.6 Å². The highest BCUT2D eigenvalue weighted by atomic mass is 16.5. The Bertz CT molecular complexity index is 153. The Morgan fingerprint density at radius 1 is 1.50 bits per heavy atom. The maximum atomic E-state index is 5.70. The first-order valence-corrected chi connectivity index (χ1v) is 4.35. The summed E-state index contributed by atoms with van der Waals surface area (Å²) in [4.78, 5) is 4.36. The van der Waals surface area contributed by atoms with Crippen molar-refractivity contribution in [3.63, 3.8) is 0 Å². The number of amidine groups is 1. The Kier molecular flexibility index (Phi) is 4.90. The molecule has 0 aliphatic heterocycles. The number of nitrogens with zero attached hydrogens (tertiary/aromatic N) is 1. The second-order valence-corrected chi connectivity index (χ2v) is 3.60. The summed E-state index contributed by atoms with van der Waals surface area (Å²) >= 11 is 0. The molecule has 0 heterocycles. The number of hydrogen-bond acceptors (Lipinski definition) is 2. The van der Waals surface area contributed by atoms with Crippen molar-refractivity contribution in [2.24, 2.45) is 10.7 Å². The number of methoxy groups -OCH3 is 1. The summed E-state index contributed by atoms with van der Waals surface area (Å²) in [5.74, 6) is 0.722. The molecule has 72 valence electrons. The van der Waals surface area contributed by atoms with E-state index in [1.54, 1.807) is 7.11 Å². The van der Waals surface area contributed by atoms with Gasteiger partial charge in [-0.3, -0.25) is 4.99 Å². The number of nitrogens with two attached hydrogens (primary N) is 1. The van der Waals surface area contributed by atoms with Gasteiger partial charge in [0.1, 0.15) is 0 Å². The Balaban J connectivity index is 4.08. The molecule has 0 unspecified atom stereocenters. The standard InChI is InChI=1S/C9H20N2O/c1-5-6-8(10)11-9(2,3)7-12-4/h5-7H2,1-4H3,(H2,10,11). The predicted molar refractivity (Wildman–Crippen MR) is 52.5 cm³/mol. The zero-order valence-corrected chi connectivity index (χ0v) is 8.55. The first-order valence-electron chi connectivity index (χ1n) is 4.35. The van der Waals surface area contributed by atoms with Crippen molar-refractivity contribution in [3.05, 3.63) is 0 Å². The summed E-state index contributed by atoms with van der Waals surface area (Å²) in [6.45, 7) is 6.72. The minimum absolute atomic E-state index is 0.187. The van der Waals surface area contributed by atoms with Gasteiger partial charge in [-0.15, -0.1) is 0 Å². The fourth-order valence-electron chi connectivity index (χ4n) is 1.09. The molecule has 0 rings (SSSR count). The lowest BCUT2D eigenvalue weighted by molar-refractivity contribution is 0.150. The molecule has 0 saturated heterocycles. The number of ether oxygens (including phenoxy) is 1. The summed E-state index contributed by atoms with van der Waals surface area (Å²) in [7, 11) is 1.67. The van der Waals surface area contributed by atoms with Gasteiger partial charge in [0.15, 0.2) is 0 Å². The number of hydrogen-bond donors (Lipinski definition) is 1. The molecule has 3 nitrogen and oxygen atoms in total. The van der Waals surface area contributed by atoms with E-state index in [1.807, 2.05) is 13.8 Å². The van der Waals surface area contributed by atoms with Crippen LogP contribution in [0.25, 0.3) is 0 Å². The quantitative estimate of drug-likeness (QED) is 0.505. The highest BCUT2D eigenvalue weighted by molar-refractivity contribution is 5.80. The molecule has 0 atom stereocenters. The fraction of sp³-hybridized carbons (Fsp3) is 0.889. The molecule has 0 bridgehead atoms. The smallest absolute Gasteiger partial charge is 0.0944 e. The molecule has 12 heavy (non-hydrogen) atoms. The molecule has 3 heteroatoms. The summed E-state index contributed by atoms with van der Waals surface area (Å²) in [6, 6.07) is 0. The molecule has 0 radical (unpaired) electrons. The maximum Gasteiger partial charge on any atom is 0.0944 e. The van der Waals surface area contributed by atoms with Crippen molar-refractivity contribution in [3.8, 4) is 0 Å². The highest BCUT2D eigenvalue weighted by Crippen LogP contribution is 2.09. The molecule has 0 saturated carbocycles. The molecule has 0 spiro atoms. The molecule has 2 N–H and O–H groups in total. The average Bonchev–Trinajstić information content (AvgIpc) is 1.85. The van der Waals surface area contributed by atoms with Crippen molar-refractivity contribution >= 4 is 5.84 Å². The van der Waals surface area contributed by atoms with E-state index in [4.69, 9.17) is 10.5 Å². The van der Waals surface area contributed by atoms with Crippen LogP contribution in [0.5, 0.6) is 0 Å². The molecule has 0 aromatic rings. The van der Waals surface area contributed by atoms with Gasteiger partial charge in [-0.2, -0.15) is 0 Å². The van der Waals surface area contributed by atoms with Gasteiger partial charge in [-0.25, -0.2) is 0 Å². The van der Waals surface area contributed by atoms with Gasteiger partial charge in [0.2, 0.25) is 0 Å². The molecule has 0 aliphatic carbocycles. The lowest BCUT2D eigenvalue weighted by Crippen LogP contribution is -2.28. The van der Waals surface area contributed by atoms with Crippen molar-refractivity contribution < 1.29 is 4.74 Å². The third-order valence-electron chi connectivity index (χ3n) is 1.45. The highest BCUT2D eigenvalue weighted by Gasteiger charge is 2.15. The van der Waals surface area contributed by atoms with Crippen LogP contribution < -0.4 is 5.73 Å². The van der Waals surface area contributed by atoms with Crippen LogP contribution >= 0.6 is 0 Å². The zero-order valence-electron chi connectivity index (χ0n) is 8.55. The van der Waals surface area contributed by atoms with Gasteiger partial charge in [-0.05, 0) is 20.3 Å². The van der Waals surface area contributed by atoms with E-state index in [2.05, 4.69) is 11.9 Å². The van der Waals surface area contributed by atoms with Crippen LogP contribution in [0.1, 0.15) is 33.6 Å². The van der Waals surface area contributed by atoms with E-state index in [0.29, 0.717) is 6.61 Å². The average molecular weight is 172 g/mol. The van der Waals surface area contributed by atoms with Crippen LogP contribution in [0, 0.1) is 0 Å². The second-order valence-electron chi connectivity index (χ2n) is 3.60. The van der Waals surface area contributed by atoms with E-state index in [1.165, 1.54) is 0 Å². The van der Waals surface area contributed by atoms with Crippen LogP contribution in [-0.4, -0.2) is 25.1 Å². The van der Waals surface area contributed by atoms with Crippen LogP contribution in [-0.2, 0) is 4.74 Å². The van der Waals surface area contributed by atoms with Crippen molar-refractivity contribution in [1.29, 1.82) is 0 Å². The van der Waals surface area contributed by atoms with Gasteiger partial charge in [0.05, 0.1) is 18.0 Å². The third-order valence-corrected chi connectivity index (χ3v) is 1.45. The molecule has 0 fully saturated rings. The van der Waals surface area contributed by atoms with Gasteiger partial charge in [-0.1, -0.05) is 6.92 Å². The summed E-state index contributed by atoms with van der Waals surface area (Å²) in [5.41, 5.74) is 5.51. The van der Waals surface area contributed by atoms with Crippen molar-refractivity contribution in [1.82, 2.24) is 0 Å². The monoisotopic (exact) mass is 172 g/mol. The molecule has 0 aromatic heterocycles. The Morgan fingerprint density at radius 3 is 2.50 bits per heavy atom. The van der Waals surface area contributed by atoms with Crippen LogP contribution in [0.4, 0.5) is 0 Å². The molecule has 0 aliphatic rings. The number of aliphatic imine (C=N–C) groups is 1. The largest absolute Gasteiger partial charge is 0.387 e. The van der Waals surface area contributed by atoms with E-state index in [9.17, 15) is 0 Å². The molecule has 0 aromatic carbocycles. The number of rotatable bonds is 5. The summed E-state index contributed by atoms with van der Waals surface area (Å²) in [6.07, 6.45) is 1.91. The lowest BCUT2D eigenvalue weighted by atomic mass is 10.1. The van der Waals surface area contributed by atoms with E-state index < -0.39 is 0 Å². The van der Waals surface area contributed by atoms with E-state index >= 15 is 0 Å². The first kappa shape index (κ1) is 11.4. The Morgan fingerprint density at radius 2 is 2.08 bits per heavy atom. The van der Waals surface area contributed by atoms with Crippen molar-refractivity contribution in [2.45, 2.75) is 39.2 Å². The third kappa shape index (κ3) is 5.13. The molecular formula is C9H20N2O. The molecular weight excluding hydrogens is 152 g/mol. The Hall–Kier alpha value is -0.570. The van der Waals surface area contributed by atoms with E-state index in [0.717, 1.165) is 18.7 Å². The summed E-state index contributed by atoms with van der Waals surface area (Å²) < 4.78 is 5.02. The van der Waals surface area contributed by atoms with Gasteiger partial charge in [0, 0.05) is 13.5 Å². The minimum Gasteiger partial charge on any atom is -0.387 e. The van der Waals surface area contributed by atoms with Gasteiger partial charge in [0.25, 0.3) is 0 Å². The second kappa shape index (κ2) is 5.14. The lowest BCUT2D eigenvalue weighted by Gasteiger charge is -2.19. The first-order chi connectivity index (χ1) is 5.52. The molecule has 0 amide bonds. The fourth-order valence-corrected chi connectivity index (χ4v) is 1.09. The van der Waals surface area contributed by atoms with Gasteiger partial charge < -0.3 is 10.5 Å². The zero-order chi connectivity index (χ0) is 9.61. The normalized spacial score (nSPS) is 13.5.